The highest BCUT2D eigenvalue weighted by Crippen LogP contribution is 2.40. The number of aliphatic carboxylic acids is 1. The van der Waals surface area contributed by atoms with E-state index in [1.54, 1.807) is 19.9 Å². The number of ether oxygens (including phenoxy) is 2. The summed E-state index contributed by atoms with van der Waals surface area (Å²) in [5, 5.41) is 22.9. The van der Waals surface area contributed by atoms with Gasteiger partial charge in [-0.1, -0.05) is 12.1 Å². The van der Waals surface area contributed by atoms with Crippen molar-refractivity contribution in [2.24, 2.45) is 0 Å². The normalized spacial score (nSPS) is 16.0. The van der Waals surface area contributed by atoms with E-state index in [9.17, 15) is 24.5 Å². The van der Waals surface area contributed by atoms with Gasteiger partial charge in [0.15, 0.2) is 0 Å². The van der Waals surface area contributed by atoms with E-state index < -0.39 is 28.7 Å². The molecule has 1 heterocycles. The van der Waals surface area contributed by atoms with Crippen LogP contribution in [0.4, 0.5) is 5.69 Å². The Bertz CT molecular complexity index is 948. The van der Waals surface area contributed by atoms with Crippen LogP contribution >= 0.6 is 0 Å². The van der Waals surface area contributed by atoms with E-state index in [0.717, 1.165) is 0 Å². The minimum atomic E-state index is -1.01. The molecule has 160 valence electrons. The molecular weight excluding hydrogens is 396 g/mol. The number of benzene rings is 1. The van der Waals surface area contributed by atoms with E-state index in [0.29, 0.717) is 17.0 Å². The molecule has 1 aromatic carbocycles. The third-order valence-electron chi connectivity index (χ3n) is 4.57. The van der Waals surface area contributed by atoms with Gasteiger partial charge in [-0.25, -0.2) is 9.59 Å². The molecule has 1 aliphatic rings. The van der Waals surface area contributed by atoms with E-state index in [1.165, 1.54) is 25.3 Å². The number of esters is 2. The fraction of sp³-hybridized carbons (Fsp3) is 0.350. The van der Waals surface area contributed by atoms with Gasteiger partial charge >= 0.3 is 17.9 Å². The van der Waals surface area contributed by atoms with Gasteiger partial charge in [0.25, 0.3) is 5.69 Å². The van der Waals surface area contributed by atoms with Gasteiger partial charge in [0.2, 0.25) is 0 Å². The van der Waals surface area contributed by atoms with Crippen molar-refractivity contribution in [3.63, 3.8) is 0 Å². The highest BCUT2D eigenvalue weighted by Gasteiger charge is 2.38. The van der Waals surface area contributed by atoms with Crippen LogP contribution < -0.4 is 5.32 Å². The van der Waals surface area contributed by atoms with Crippen molar-refractivity contribution in [3.05, 3.63) is 62.5 Å². The van der Waals surface area contributed by atoms with Crippen molar-refractivity contribution in [3.8, 4) is 0 Å². The second kappa shape index (κ2) is 9.68. The number of carbonyl (C=O) groups excluding carboxylic acids is 2. The molecule has 0 aliphatic carbocycles. The van der Waals surface area contributed by atoms with Gasteiger partial charge in [0.1, 0.15) is 0 Å². The second-order valence-corrected chi connectivity index (χ2v) is 6.61. The first-order valence-corrected chi connectivity index (χ1v) is 9.07. The van der Waals surface area contributed by atoms with E-state index in [-0.39, 0.29) is 36.3 Å². The lowest BCUT2D eigenvalue weighted by atomic mass is 9.80. The van der Waals surface area contributed by atoms with Crippen LogP contribution in [0.25, 0.3) is 0 Å². The number of rotatable bonds is 8. The van der Waals surface area contributed by atoms with Gasteiger partial charge < -0.3 is 19.9 Å². The molecule has 1 unspecified atom stereocenters. The minimum absolute atomic E-state index is 0.0943. The number of dihydropyridines is 1. The smallest absolute Gasteiger partial charge is 0.336 e. The molecule has 0 spiro atoms. The Balaban J connectivity index is 2.49. The molecule has 0 amide bonds. The van der Waals surface area contributed by atoms with E-state index in [4.69, 9.17) is 14.6 Å². The van der Waals surface area contributed by atoms with E-state index >= 15 is 0 Å². The summed E-state index contributed by atoms with van der Waals surface area (Å²) >= 11 is 0. The lowest BCUT2D eigenvalue weighted by Gasteiger charge is -2.30. The lowest BCUT2D eigenvalue weighted by molar-refractivity contribution is -0.384. The number of hydrogen-bond donors (Lipinski definition) is 2. The number of hydrogen-bond acceptors (Lipinski definition) is 8. The summed E-state index contributed by atoms with van der Waals surface area (Å²) in [6.45, 7) is 3.13. The summed E-state index contributed by atoms with van der Waals surface area (Å²) in [7, 11) is 1.20. The zero-order chi connectivity index (χ0) is 22.4. The summed E-state index contributed by atoms with van der Waals surface area (Å²) in [6.07, 6.45) is -0.0364. The molecule has 1 aliphatic heterocycles. The Morgan fingerprint density at radius 3 is 2.37 bits per heavy atom. The second-order valence-electron chi connectivity index (χ2n) is 6.61. The molecule has 0 aromatic heterocycles. The molecule has 10 heteroatoms. The number of carboxylic acid groups (broad SMARTS) is 1. The van der Waals surface area contributed by atoms with Crippen molar-refractivity contribution in [1.29, 1.82) is 0 Å². The standard InChI is InChI=1S/C20H22N2O8/c1-11-16(19(25)29-3)18(13-6-4-7-14(10-13)22(27)28)17(12(2)21-11)20(26)30-9-5-8-15(23)24/h4,6-7,10,18,21H,5,8-9H2,1-3H3,(H,23,24). The molecule has 1 atom stereocenters. The van der Waals surface area contributed by atoms with Gasteiger partial charge in [-0.3, -0.25) is 14.9 Å². The van der Waals surface area contributed by atoms with Crippen LogP contribution in [0.1, 0.15) is 38.2 Å². The molecule has 0 radical (unpaired) electrons. The van der Waals surface area contributed by atoms with Crippen LogP contribution in [-0.2, 0) is 23.9 Å². The van der Waals surface area contributed by atoms with Crippen molar-refractivity contribution in [1.82, 2.24) is 5.32 Å². The predicted octanol–water partition coefficient (Wildman–Crippen LogP) is 2.41. The first-order valence-electron chi connectivity index (χ1n) is 9.07. The summed E-state index contributed by atoms with van der Waals surface area (Å²) in [5.74, 6) is -3.41. The van der Waals surface area contributed by atoms with Gasteiger partial charge in [0.05, 0.1) is 35.7 Å². The summed E-state index contributed by atoms with van der Waals surface area (Å²) in [6, 6.07) is 5.63. The van der Waals surface area contributed by atoms with Crippen LogP contribution in [0.3, 0.4) is 0 Å². The number of non-ortho nitro benzene ring substituents is 1. The molecule has 0 fully saturated rings. The monoisotopic (exact) mass is 418 g/mol. The summed E-state index contributed by atoms with van der Waals surface area (Å²) < 4.78 is 10.1. The predicted molar refractivity (Wildman–Crippen MR) is 104 cm³/mol. The highest BCUT2D eigenvalue weighted by molar-refractivity contribution is 5.99. The maximum absolute atomic E-state index is 12.8. The quantitative estimate of drug-likeness (QED) is 0.281. The zero-order valence-electron chi connectivity index (χ0n) is 16.8. The van der Waals surface area contributed by atoms with Crippen molar-refractivity contribution in [2.75, 3.05) is 13.7 Å². The highest BCUT2D eigenvalue weighted by atomic mass is 16.6. The van der Waals surface area contributed by atoms with E-state index in [1.807, 2.05) is 0 Å². The van der Waals surface area contributed by atoms with Gasteiger partial charge in [-0.05, 0) is 25.8 Å². The Kier molecular flexibility index (Phi) is 7.29. The topological polar surface area (TPSA) is 145 Å². The van der Waals surface area contributed by atoms with Crippen molar-refractivity contribution in [2.45, 2.75) is 32.6 Å². The molecule has 10 nitrogen and oxygen atoms in total. The fourth-order valence-electron chi connectivity index (χ4n) is 3.26. The first-order chi connectivity index (χ1) is 14.2. The molecule has 1 aromatic rings. The number of methoxy groups -OCH3 is 1. The van der Waals surface area contributed by atoms with Crippen LogP contribution in [0, 0.1) is 10.1 Å². The molecular formula is C20H22N2O8. The Morgan fingerprint density at radius 1 is 1.17 bits per heavy atom. The molecule has 2 N–H and O–H groups in total. The zero-order valence-corrected chi connectivity index (χ0v) is 16.8. The Morgan fingerprint density at radius 2 is 1.80 bits per heavy atom. The van der Waals surface area contributed by atoms with Crippen molar-refractivity contribution >= 4 is 23.6 Å². The van der Waals surface area contributed by atoms with Crippen LogP contribution in [0.2, 0.25) is 0 Å². The largest absolute Gasteiger partial charge is 0.481 e. The number of nitrogens with one attached hydrogen (secondary N) is 1. The molecule has 0 saturated carbocycles. The maximum atomic E-state index is 12.8. The molecule has 2 rings (SSSR count). The Hall–Kier alpha value is -3.69. The lowest BCUT2D eigenvalue weighted by Crippen LogP contribution is -2.32. The summed E-state index contributed by atoms with van der Waals surface area (Å²) in [5.41, 5.74) is 1.23. The fourth-order valence-corrected chi connectivity index (χ4v) is 3.26. The first kappa shape index (κ1) is 22.6. The Labute approximate surface area is 172 Å². The summed E-state index contributed by atoms with van der Waals surface area (Å²) in [4.78, 5) is 46.6. The van der Waals surface area contributed by atoms with Crippen LogP contribution in [-0.4, -0.2) is 41.7 Å². The van der Waals surface area contributed by atoms with Crippen LogP contribution in [0.5, 0.6) is 0 Å². The van der Waals surface area contributed by atoms with Gasteiger partial charge in [-0.15, -0.1) is 0 Å². The van der Waals surface area contributed by atoms with Gasteiger partial charge in [0, 0.05) is 29.9 Å². The van der Waals surface area contributed by atoms with Crippen molar-refractivity contribution < 1.29 is 33.9 Å². The third kappa shape index (κ3) is 5.02. The van der Waals surface area contributed by atoms with Gasteiger partial charge in [-0.2, -0.15) is 0 Å². The number of allylic oxidation sites excluding steroid dienone is 2. The molecule has 0 bridgehead atoms. The average Bonchev–Trinajstić information content (AvgIpc) is 2.69. The average molecular weight is 418 g/mol. The number of carboxylic acids is 1. The van der Waals surface area contributed by atoms with E-state index in [2.05, 4.69) is 5.32 Å². The number of nitro benzene ring substituents is 1. The number of nitro groups is 1. The third-order valence-corrected chi connectivity index (χ3v) is 4.57. The van der Waals surface area contributed by atoms with Crippen LogP contribution in [0.15, 0.2) is 46.8 Å². The maximum Gasteiger partial charge on any atom is 0.336 e. The SMILES string of the molecule is COC(=O)C1=C(C)NC(C)=C(C(=O)OCCCC(=O)O)C1c1cccc([N+](=O)[O-])c1. The number of carbonyl (C=O) groups is 3. The minimum Gasteiger partial charge on any atom is -0.481 e. The number of nitrogens with zero attached hydrogens (tertiary/aromatic N) is 1. The molecule has 0 saturated heterocycles. The molecule has 30 heavy (non-hydrogen) atoms.